The maximum absolute atomic E-state index is 11.8. The van der Waals surface area contributed by atoms with Crippen LogP contribution in [0.2, 0.25) is 0 Å². The molecule has 2 heterocycles. The summed E-state index contributed by atoms with van der Waals surface area (Å²) in [6.45, 7) is 1.77. The summed E-state index contributed by atoms with van der Waals surface area (Å²) in [5, 5.41) is 0.169. The van der Waals surface area contributed by atoms with Crippen molar-refractivity contribution >= 4 is 16.9 Å². The van der Waals surface area contributed by atoms with Gasteiger partial charge in [-0.1, -0.05) is 0 Å². The van der Waals surface area contributed by atoms with Crippen LogP contribution in [0.25, 0.3) is 11.0 Å². The fraction of sp³-hybridized carbons (Fsp3) is 0.250. The fourth-order valence-corrected chi connectivity index (χ4v) is 1.56. The summed E-state index contributed by atoms with van der Waals surface area (Å²) in [7, 11) is 1.57. The number of aromatic nitrogens is 1. The molecule has 0 aliphatic carbocycles. The van der Waals surface area contributed by atoms with E-state index in [0.29, 0.717) is 0 Å². The van der Waals surface area contributed by atoms with Gasteiger partial charge in [-0.15, -0.1) is 0 Å². The Morgan fingerprint density at radius 3 is 2.83 bits per heavy atom. The van der Waals surface area contributed by atoms with E-state index >= 15 is 0 Å². The number of hydrogen-bond acceptors (Lipinski definition) is 5. The zero-order chi connectivity index (χ0) is 13.3. The van der Waals surface area contributed by atoms with Crippen LogP contribution in [0.5, 0.6) is 0 Å². The van der Waals surface area contributed by atoms with Crippen molar-refractivity contribution < 1.29 is 13.9 Å². The average molecular weight is 249 g/mol. The summed E-state index contributed by atoms with van der Waals surface area (Å²) in [6, 6.07) is 2.70. The molecule has 0 amide bonds. The van der Waals surface area contributed by atoms with Crippen molar-refractivity contribution in [1.29, 1.82) is 0 Å². The second-order valence-corrected chi connectivity index (χ2v) is 3.68. The highest BCUT2D eigenvalue weighted by molar-refractivity contribution is 5.92. The van der Waals surface area contributed by atoms with Crippen molar-refractivity contribution in [3.05, 3.63) is 44.7 Å². The maximum atomic E-state index is 11.8. The van der Waals surface area contributed by atoms with Crippen molar-refractivity contribution in [3.63, 3.8) is 0 Å². The molecule has 0 aliphatic heterocycles. The van der Waals surface area contributed by atoms with Gasteiger partial charge in [0.1, 0.15) is 11.1 Å². The van der Waals surface area contributed by atoms with Crippen molar-refractivity contribution in [2.24, 2.45) is 7.05 Å². The van der Waals surface area contributed by atoms with Crippen LogP contribution in [0.4, 0.5) is 0 Å². The molecule has 2 rings (SSSR count). The van der Waals surface area contributed by atoms with Gasteiger partial charge in [0.15, 0.2) is 0 Å². The maximum Gasteiger partial charge on any atom is 0.351 e. The summed E-state index contributed by atoms with van der Waals surface area (Å²) in [4.78, 5) is 34.9. The summed E-state index contributed by atoms with van der Waals surface area (Å²) in [5.41, 5.74) is -1.28. The molecular formula is C12H11NO5. The third-order valence-corrected chi connectivity index (χ3v) is 2.47. The zero-order valence-electron chi connectivity index (χ0n) is 9.93. The number of pyridine rings is 1. The van der Waals surface area contributed by atoms with Crippen LogP contribution in [0, 0.1) is 0 Å². The lowest BCUT2D eigenvalue weighted by atomic mass is 10.2. The van der Waals surface area contributed by atoms with Crippen LogP contribution in [-0.4, -0.2) is 17.1 Å². The first-order valence-electron chi connectivity index (χ1n) is 5.35. The van der Waals surface area contributed by atoms with E-state index in [1.807, 2.05) is 0 Å². The number of carbonyl (C=O) groups is 1. The molecular weight excluding hydrogens is 238 g/mol. The summed E-state index contributed by atoms with van der Waals surface area (Å²) >= 11 is 0. The predicted octanol–water partition coefficient (Wildman–Crippen LogP) is 0.668. The highest BCUT2D eigenvalue weighted by atomic mass is 16.5. The lowest BCUT2D eigenvalue weighted by Crippen LogP contribution is -2.21. The van der Waals surface area contributed by atoms with E-state index in [0.717, 1.165) is 0 Å². The quantitative estimate of drug-likeness (QED) is 0.731. The number of aryl methyl sites for hydroxylation is 1. The number of rotatable bonds is 2. The Bertz CT molecular complexity index is 725. The van der Waals surface area contributed by atoms with Gasteiger partial charge >= 0.3 is 11.6 Å². The molecule has 0 saturated heterocycles. The number of ether oxygens (including phenoxy) is 1. The molecule has 6 nitrogen and oxygen atoms in total. The SMILES string of the molecule is CCOC(=O)c1cc2c(=O)n(C)ccc2oc1=O. The lowest BCUT2D eigenvalue weighted by Gasteiger charge is -2.03. The van der Waals surface area contributed by atoms with E-state index in [2.05, 4.69) is 0 Å². The Hall–Kier alpha value is -2.37. The van der Waals surface area contributed by atoms with Crippen LogP contribution >= 0.6 is 0 Å². The van der Waals surface area contributed by atoms with Gasteiger partial charge in [-0.3, -0.25) is 4.79 Å². The van der Waals surface area contributed by atoms with Crippen LogP contribution in [-0.2, 0) is 11.8 Å². The van der Waals surface area contributed by atoms with Crippen LogP contribution in [0.15, 0.2) is 32.3 Å². The Balaban J connectivity index is 2.74. The molecule has 0 fully saturated rings. The number of carbonyl (C=O) groups excluding carboxylic acids is 1. The Morgan fingerprint density at radius 2 is 2.17 bits per heavy atom. The fourth-order valence-electron chi connectivity index (χ4n) is 1.56. The van der Waals surface area contributed by atoms with Gasteiger partial charge < -0.3 is 13.7 Å². The van der Waals surface area contributed by atoms with Gasteiger partial charge in [0.2, 0.25) is 0 Å². The van der Waals surface area contributed by atoms with E-state index in [1.54, 1.807) is 14.0 Å². The van der Waals surface area contributed by atoms with Crippen molar-refractivity contribution in [2.75, 3.05) is 6.61 Å². The van der Waals surface area contributed by atoms with Gasteiger partial charge in [-0.2, -0.15) is 0 Å². The van der Waals surface area contributed by atoms with Crippen molar-refractivity contribution in [3.8, 4) is 0 Å². The highest BCUT2D eigenvalue weighted by Gasteiger charge is 2.16. The second kappa shape index (κ2) is 4.48. The first-order valence-corrected chi connectivity index (χ1v) is 5.35. The van der Waals surface area contributed by atoms with Crippen LogP contribution in [0.3, 0.4) is 0 Å². The molecule has 18 heavy (non-hydrogen) atoms. The molecule has 0 radical (unpaired) electrons. The minimum atomic E-state index is -0.811. The van der Waals surface area contributed by atoms with E-state index in [9.17, 15) is 14.4 Å². The molecule has 0 N–H and O–H groups in total. The Morgan fingerprint density at radius 1 is 1.44 bits per heavy atom. The molecule has 2 aromatic rings. The number of fused-ring (bicyclic) bond motifs is 1. The zero-order valence-corrected chi connectivity index (χ0v) is 9.93. The van der Waals surface area contributed by atoms with Gasteiger partial charge in [0.05, 0.1) is 12.0 Å². The monoisotopic (exact) mass is 249 g/mol. The first kappa shape index (κ1) is 12.1. The Kier molecular flexibility index (Phi) is 3.01. The van der Waals surface area contributed by atoms with Crippen LogP contribution < -0.4 is 11.2 Å². The Labute approximate surface area is 101 Å². The average Bonchev–Trinajstić information content (AvgIpc) is 2.34. The second-order valence-electron chi connectivity index (χ2n) is 3.68. The summed E-state index contributed by atoms with van der Waals surface area (Å²) in [5.74, 6) is -0.793. The van der Waals surface area contributed by atoms with E-state index in [4.69, 9.17) is 9.15 Å². The number of esters is 1. The van der Waals surface area contributed by atoms with Crippen molar-refractivity contribution in [1.82, 2.24) is 4.57 Å². The van der Waals surface area contributed by atoms with Crippen LogP contribution in [0.1, 0.15) is 17.3 Å². The lowest BCUT2D eigenvalue weighted by molar-refractivity contribution is 0.0522. The largest absolute Gasteiger partial charge is 0.462 e. The number of nitrogens with zero attached hydrogens (tertiary/aromatic N) is 1. The van der Waals surface area contributed by atoms with Gasteiger partial charge in [0, 0.05) is 13.2 Å². The van der Waals surface area contributed by atoms with Gasteiger partial charge in [0.25, 0.3) is 5.56 Å². The normalized spacial score (nSPS) is 10.6. The summed E-state index contributed by atoms with van der Waals surface area (Å²) < 4.78 is 11.0. The third-order valence-electron chi connectivity index (χ3n) is 2.47. The molecule has 0 spiro atoms. The molecule has 0 aliphatic rings. The predicted molar refractivity (Wildman–Crippen MR) is 63.7 cm³/mol. The molecule has 94 valence electrons. The van der Waals surface area contributed by atoms with Crippen molar-refractivity contribution in [2.45, 2.75) is 6.92 Å². The molecule has 6 heteroatoms. The number of hydrogen-bond donors (Lipinski definition) is 0. The molecule has 2 aromatic heterocycles. The van der Waals surface area contributed by atoms with Gasteiger partial charge in [-0.25, -0.2) is 9.59 Å². The first-order chi connectivity index (χ1) is 8.54. The molecule has 0 saturated carbocycles. The molecule has 0 bridgehead atoms. The van der Waals surface area contributed by atoms with E-state index in [-0.39, 0.29) is 28.7 Å². The van der Waals surface area contributed by atoms with E-state index < -0.39 is 11.6 Å². The molecule has 0 unspecified atom stereocenters. The topological polar surface area (TPSA) is 78.5 Å². The minimum Gasteiger partial charge on any atom is -0.462 e. The smallest absolute Gasteiger partial charge is 0.351 e. The highest BCUT2D eigenvalue weighted by Crippen LogP contribution is 2.09. The third kappa shape index (κ3) is 1.92. The molecule has 0 aromatic carbocycles. The van der Waals surface area contributed by atoms with Gasteiger partial charge in [-0.05, 0) is 19.1 Å². The summed E-state index contributed by atoms with van der Waals surface area (Å²) in [6.07, 6.45) is 1.48. The molecule has 0 atom stereocenters. The minimum absolute atomic E-state index is 0.142. The standard InChI is InChI=1S/C12H11NO5/c1-3-17-11(15)8-6-7-9(18-12(8)16)4-5-13(2)10(7)14/h4-6H,3H2,1-2H3. The van der Waals surface area contributed by atoms with E-state index in [1.165, 1.54) is 22.9 Å².